The summed E-state index contributed by atoms with van der Waals surface area (Å²) in [5.74, 6) is -0.492. The second kappa shape index (κ2) is 8.41. The predicted octanol–water partition coefficient (Wildman–Crippen LogP) is -1.45. The monoisotopic (exact) mass is 354 g/mol. The average Bonchev–Trinajstić information content (AvgIpc) is 2.57. The Bertz CT molecular complexity index is 724. The number of carbonyl (C=O) groups is 1. The molecule has 0 spiro atoms. The highest BCUT2D eigenvalue weighted by Gasteiger charge is 2.29. The maximum Gasteiger partial charge on any atom is 0.331 e. The Labute approximate surface area is 146 Å². The number of likely N-dealkylation sites (N-methyl/N-ethyl adjacent to an activating group) is 1. The van der Waals surface area contributed by atoms with Crippen molar-refractivity contribution < 1.29 is 14.3 Å². The van der Waals surface area contributed by atoms with Crippen molar-refractivity contribution in [3.05, 3.63) is 32.6 Å². The van der Waals surface area contributed by atoms with Crippen LogP contribution in [0.1, 0.15) is 16.9 Å². The van der Waals surface area contributed by atoms with E-state index in [9.17, 15) is 14.4 Å². The molecule has 1 fully saturated rings. The fourth-order valence-corrected chi connectivity index (χ4v) is 2.63. The van der Waals surface area contributed by atoms with Crippen molar-refractivity contribution in [2.75, 3.05) is 40.5 Å². The SMILES string of the molecule is CN(C)CCO[C@H]1CCOC[C@H]1NC(=O)c1cc(=O)n(C)c(=O)n1C. The highest BCUT2D eigenvalue weighted by Crippen LogP contribution is 2.12. The molecular formula is C16H26N4O5. The first-order chi connectivity index (χ1) is 11.8. The van der Waals surface area contributed by atoms with Crippen molar-refractivity contribution in [2.24, 2.45) is 14.1 Å². The van der Waals surface area contributed by atoms with Gasteiger partial charge in [0.25, 0.3) is 11.5 Å². The number of nitrogens with zero attached hydrogens (tertiary/aromatic N) is 3. The fourth-order valence-electron chi connectivity index (χ4n) is 2.63. The highest BCUT2D eigenvalue weighted by molar-refractivity contribution is 5.92. The van der Waals surface area contributed by atoms with Gasteiger partial charge in [0, 0.05) is 33.3 Å². The quantitative estimate of drug-likeness (QED) is 0.672. The second-order valence-electron chi connectivity index (χ2n) is 6.42. The van der Waals surface area contributed by atoms with Crippen LogP contribution in [0.2, 0.25) is 0 Å². The summed E-state index contributed by atoms with van der Waals surface area (Å²) in [5, 5.41) is 2.83. The Kier molecular flexibility index (Phi) is 6.51. The number of aromatic nitrogens is 2. The largest absolute Gasteiger partial charge is 0.379 e. The molecular weight excluding hydrogens is 328 g/mol. The van der Waals surface area contributed by atoms with Crippen LogP contribution in [0.5, 0.6) is 0 Å². The minimum absolute atomic E-state index is 0.0192. The molecule has 0 aliphatic carbocycles. The Morgan fingerprint density at radius 2 is 2.08 bits per heavy atom. The van der Waals surface area contributed by atoms with Gasteiger partial charge in [-0.25, -0.2) is 4.79 Å². The number of carbonyl (C=O) groups excluding carboxylic acids is 1. The van der Waals surface area contributed by atoms with E-state index in [1.165, 1.54) is 14.1 Å². The molecule has 1 aromatic rings. The molecule has 2 heterocycles. The van der Waals surface area contributed by atoms with Crippen molar-refractivity contribution in [3.8, 4) is 0 Å². The molecule has 0 unspecified atom stereocenters. The summed E-state index contributed by atoms with van der Waals surface area (Å²) in [4.78, 5) is 38.3. The fraction of sp³-hybridized carbons (Fsp3) is 0.688. The molecule has 1 aliphatic heterocycles. The Hall–Kier alpha value is -1.97. The van der Waals surface area contributed by atoms with E-state index in [-0.39, 0.29) is 17.8 Å². The van der Waals surface area contributed by atoms with Gasteiger partial charge < -0.3 is 19.7 Å². The average molecular weight is 354 g/mol. The van der Waals surface area contributed by atoms with Gasteiger partial charge in [-0.05, 0) is 20.5 Å². The first-order valence-electron chi connectivity index (χ1n) is 8.23. The summed E-state index contributed by atoms with van der Waals surface area (Å²) >= 11 is 0. The maximum atomic E-state index is 12.5. The second-order valence-corrected chi connectivity index (χ2v) is 6.42. The number of amides is 1. The molecule has 1 aliphatic rings. The van der Waals surface area contributed by atoms with Crippen LogP contribution in [0.4, 0.5) is 0 Å². The molecule has 9 nitrogen and oxygen atoms in total. The summed E-state index contributed by atoms with van der Waals surface area (Å²) in [6.07, 6.45) is 0.509. The molecule has 0 bridgehead atoms. The van der Waals surface area contributed by atoms with Gasteiger partial charge in [-0.15, -0.1) is 0 Å². The lowest BCUT2D eigenvalue weighted by Gasteiger charge is -2.32. The van der Waals surface area contributed by atoms with Gasteiger partial charge in [-0.1, -0.05) is 0 Å². The van der Waals surface area contributed by atoms with Crippen LogP contribution in [0, 0.1) is 0 Å². The van der Waals surface area contributed by atoms with Gasteiger partial charge in [0.1, 0.15) is 5.69 Å². The van der Waals surface area contributed by atoms with Gasteiger partial charge in [0.2, 0.25) is 0 Å². The first-order valence-corrected chi connectivity index (χ1v) is 8.23. The van der Waals surface area contributed by atoms with Crippen LogP contribution in [0.25, 0.3) is 0 Å². The molecule has 1 saturated heterocycles. The molecule has 25 heavy (non-hydrogen) atoms. The molecule has 1 aromatic heterocycles. The zero-order valence-electron chi connectivity index (χ0n) is 15.2. The smallest absolute Gasteiger partial charge is 0.331 e. The highest BCUT2D eigenvalue weighted by atomic mass is 16.5. The van der Waals surface area contributed by atoms with Crippen molar-refractivity contribution in [3.63, 3.8) is 0 Å². The molecule has 9 heteroatoms. The third kappa shape index (κ3) is 4.77. The van der Waals surface area contributed by atoms with Crippen molar-refractivity contribution in [1.82, 2.24) is 19.4 Å². The molecule has 2 atom stereocenters. The van der Waals surface area contributed by atoms with E-state index in [0.717, 1.165) is 21.7 Å². The van der Waals surface area contributed by atoms with Crippen LogP contribution < -0.4 is 16.6 Å². The van der Waals surface area contributed by atoms with Crippen LogP contribution in [0.15, 0.2) is 15.7 Å². The Morgan fingerprint density at radius 1 is 1.36 bits per heavy atom. The van der Waals surface area contributed by atoms with Gasteiger partial charge in [0.15, 0.2) is 0 Å². The van der Waals surface area contributed by atoms with Crippen LogP contribution in [-0.2, 0) is 23.6 Å². The topological polar surface area (TPSA) is 94.8 Å². The number of nitrogens with one attached hydrogen (secondary N) is 1. The summed E-state index contributed by atoms with van der Waals surface area (Å²) in [7, 11) is 6.75. The van der Waals surface area contributed by atoms with Crippen molar-refractivity contribution in [1.29, 1.82) is 0 Å². The molecule has 2 rings (SSSR count). The Balaban J connectivity index is 2.10. The van der Waals surface area contributed by atoms with Gasteiger partial charge in [-0.3, -0.25) is 18.7 Å². The number of rotatable bonds is 6. The molecule has 1 N–H and O–H groups in total. The maximum absolute atomic E-state index is 12.5. The van der Waals surface area contributed by atoms with Crippen LogP contribution in [0.3, 0.4) is 0 Å². The van der Waals surface area contributed by atoms with Crippen molar-refractivity contribution >= 4 is 5.91 Å². The lowest BCUT2D eigenvalue weighted by atomic mass is 10.1. The van der Waals surface area contributed by atoms with E-state index in [1.807, 2.05) is 19.0 Å². The summed E-state index contributed by atoms with van der Waals surface area (Å²) in [5.41, 5.74) is -1.05. The van der Waals surface area contributed by atoms with E-state index in [2.05, 4.69) is 5.32 Å². The molecule has 140 valence electrons. The normalized spacial score (nSPS) is 20.7. The van der Waals surface area contributed by atoms with Gasteiger partial charge >= 0.3 is 5.69 Å². The van der Waals surface area contributed by atoms with E-state index < -0.39 is 17.2 Å². The Morgan fingerprint density at radius 3 is 2.76 bits per heavy atom. The third-order valence-corrected chi connectivity index (χ3v) is 4.24. The zero-order chi connectivity index (χ0) is 18.6. The van der Waals surface area contributed by atoms with Crippen LogP contribution >= 0.6 is 0 Å². The van der Waals surface area contributed by atoms with E-state index >= 15 is 0 Å². The van der Waals surface area contributed by atoms with E-state index in [4.69, 9.17) is 9.47 Å². The summed E-state index contributed by atoms with van der Waals surface area (Å²) < 4.78 is 13.4. The van der Waals surface area contributed by atoms with Gasteiger partial charge in [-0.2, -0.15) is 0 Å². The summed E-state index contributed by atoms with van der Waals surface area (Å²) in [6, 6.07) is 0.824. The molecule has 1 amide bonds. The van der Waals surface area contributed by atoms with Crippen molar-refractivity contribution in [2.45, 2.75) is 18.6 Å². The lowest BCUT2D eigenvalue weighted by Crippen LogP contribution is -2.52. The standard InChI is InChI=1S/C16H26N4O5/c1-18(2)6-8-25-13-5-7-24-10-11(13)17-15(22)12-9-14(21)20(4)16(23)19(12)3/h9,11,13H,5-8,10H2,1-4H3,(H,17,22)/t11-,13+/m1/s1. The first kappa shape index (κ1) is 19.4. The van der Waals surface area contributed by atoms with Gasteiger partial charge in [0.05, 0.1) is 25.4 Å². The van der Waals surface area contributed by atoms with E-state index in [1.54, 1.807) is 0 Å². The van der Waals surface area contributed by atoms with E-state index in [0.29, 0.717) is 26.2 Å². The number of hydrogen-bond acceptors (Lipinski definition) is 6. The summed E-state index contributed by atoms with van der Waals surface area (Å²) in [6.45, 7) is 2.23. The lowest BCUT2D eigenvalue weighted by molar-refractivity contribution is -0.0562. The predicted molar refractivity (Wildman–Crippen MR) is 91.9 cm³/mol. The number of ether oxygens (including phenoxy) is 2. The third-order valence-electron chi connectivity index (χ3n) is 4.24. The minimum atomic E-state index is -0.545. The molecule has 0 saturated carbocycles. The molecule has 0 aromatic carbocycles. The zero-order valence-corrected chi connectivity index (χ0v) is 15.2. The van der Waals surface area contributed by atoms with Crippen LogP contribution in [-0.4, -0.2) is 72.5 Å². The number of hydrogen-bond donors (Lipinski definition) is 1. The minimum Gasteiger partial charge on any atom is -0.379 e. The molecule has 0 radical (unpaired) electrons.